The molecule has 0 saturated carbocycles. The SMILES string of the molecule is COc1cccc2c1CCN(c1nc(N)c3ccccc3n1)C2. The van der Waals surface area contributed by atoms with Gasteiger partial charge in [-0.15, -0.1) is 0 Å². The smallest absolute Gasteiger partial charge is 0.228 e. The maximum atomic E-state index is 6.11. The van der Waals surface area contributed by atoms with Gasteiger partial charge < -0.3 is 15.4 Å². The van der Waals surface area contributed by atoms with E-state index in [0.29, 0.717) is 11.8 Å². The summed E-state index contributed by atoms with van der Waals surface area (Å²) in [5.74, 6) is 2.18. The molecule has 0 amide bonds. The van der Waals surface area contributed by atoms with E-state index in [9.17, 15) is 0 Å². The van der Waals surface area contributed by atoms with Crippen LogP contribution in [0.2, 0.25) is 0 Å². The van der Waals surface area contributed by atoms with Crippen LogP contribution in [0.15, 0.2) is 42.5 Å². The van der Waals surface area contributed by atoms with Gasteiger partial charge in [-0.1, -0.05) is 24.3 Å². The summed E-state index contributed by atoms with van der Waals surface area (Å²) in [6, 6.07) is 14.0. The van der Waals surface area contributed by atoms with Crippen molar-refractivity contribution < 1.29 is 4.74 Å². The summed E-state index contributed by atoms with van der Waals surface area (Å²) in [7, 11) is 1.72. The molecule has 0 saturated heterocycles. The normalized spacial score (nSPS) is 13.9. The zero-order valence-corrected chi connectivity index (χ0v) is 13.0. The van der Waals surface area contributed by atoms with Crippen LogP contribution in [0.25, 0.3) is 10.9 Å². The Morgan fingerprint density at radius 1 is 1.09 bits per heavy atom. The molecule has 2 heterocycles. The fraction of sp³-hybridized carbons (Fsp3) is 0.222. The van der Waals surface area contributed by atoms with Crippen LogP contribution in [0.3, 0.4) is 0 Å². The number of rotatable bonds is 2. The van der Waals surface area contributed by atoms with Gasteiger partial charge in [0.25, 0.3) is 0 Å². The van der Waals surface area contributed by atoms with Gasteiger partial charge in [0.05, 0.1) is 12.6 Å². The van der Waals surface area contributed by atoms with Crippen LogP contribution in [0.1, 0.15) is 11.1 Å². The van der Waals surface area contributed by atoms with E-state index < -0.39 is 0 Å². The summed E-state index contributed by atoms with van der Waals surface area (Å²) in [5.41, 5.74) is 9.52. The molecule has 2 N–H and O–H groups in total. The van der Waals surface area contributed by atoms with E-state index in [1.807, 2.05) is 36.4 Å². The van der Waals surface area contributed by atoms with Crippen molar-refractivity contribution >= 4 is 22.7 Å². The predicted molar refractivity (Wildman–Crippen MR) is 91.7 cm³/mol. The van der Waals surface area contributed by atoms with Crippen molar-refractivity contribution in [3.05, 3.63) is 53.6 Å². The number of para-hydroxylation sites is 1. The average Bonchev–Trinajstić information content (AvgIpc) is 2.60. The van der Waals surface area contributed by atoms with Gasteiger partial charge >= 0.3 is 0 Å². The number of fused-ring (bicyclic) bond motifs is 2. The van der Waals surface area contributed by atoms with Crippen LogP contribution in [0.5, 0.6) is 5.75 Å². The Kier molecular flexibility index (Phi) is 3.26. The van der Waals surface area contributed by atoms with Crippen molar-refractivity contribution in [2.45, 2.75) is 13.0 Å². The molecule has 4 rings (SSSR count). The molecule has 5 nitrogen and oxygen atoms in total. The van der Waals surface area contributed by atoms with Crippen LogP contribution in [-0.4, -0.2) is 23.6 Å². The van der Waals surface area contributed by atoms with Crippen LogP contribution < -0.4 is 15.4 Å². The lowest BCUT2D eigenvalue weighted by Crippen LogP contribution is -2.32. The van der Waals surface area contributed by atoms with Crippen LogP contribution in [-0.2, 0) is 13.0 Å². The molecule has 0 spiro atoms. The average molecular weight is 306 g/mol. The first-order valence-corrected chi connectivity index (χ1v) is 7.68. The van der Waals surface area contributed by atoms with Crippen LogP contribution in [0.4, 0.5) is 11.8 Å². The van der Waals surface area contributed by atoms with Crippen molar-refractivity contribution in [3.63, 3.8) is 0 Å². The quantitative estimate of drug-likeness (QED) is 0.788. The number of aromatic nitrogens is 2. The Hall–Kier alpha value is -2.82. The summed E-state index contributed by atoms with van der Waals surface area (Å²) in [6.45, 7) is 1.62. The van der Waals surface area contributed by atoms with Gasteiger partial charge in [0.1, 0.15) is 11.6 Å². The van der Waals surface area contributed by atoms with Gasteiger partial charge in [-0.3, -0.25) is 0 Å². The minimum absolute atomic E-state index is 0.530. The second kappa shape index (κ2) is 5.43. The van der Waals surface area contributed by atoms with E-state index in [1.165, 1.54) is 11.1 Å². The fourth-order valence-corrected chi connectivity index (χ4v) is 3.17. The van der Waals surface area contributed by atoms with E-state index in [4.69, 9.17) is 10.5 Å². The second-order valence-corrected chi connectivity index (χ2v) is 5.70. The highest BCUT2D eigenvalue weighted by molar-refractivity contribution is 5.88. The lowest BCUT2D eigenvalue weighted by atomic mass is 9.99. The van der Waals surface area contributed by atoms with E-state index in [0.717, 1.165) is 36.2 Å². The highest BCUT2D eigenvalue weighted by Crippen LogP contribution is 2.30. The highest BCUT2D eigenvalue weighted by atomic mass is 16.5. The largest absolute Gasteiger partial charge is 0.496 e. The Balaban J connectivity index is 1.72. The Labute approximate surface area is 134 Å². The third-order valence-electron chi connectivity index (χ3n) is 4.35. The number of nitrogens with two attached hydrogens (primary N) is 1. The molecule has 116 valence electrons. The molecule has 1 aliphatic heterocycles. The Morgan fingerprint density at radius 2 is 1.96 bits per heavy atom. The first kappa shape index (κ1) is 13.8. The van der Waals surface area contributed by atoms with E-state index in [1.54, 1.807) is 7.11 Å². The van der Waals surface area contributed by atoms with Crippen molar-refractivity contribution in [3.8, 4) is 5.75 Å². The second-order valence-electron chi connectivity index (χ2n) is 5.70. The number of hydrogen-bond acceptors (Lipinski definition) is 5. The van der Waals surface area contributed by atoms with E-state index in [2.05, 4.69) is 20.9 Å². The standard InChI is InChI=1S/C18H18N4O/c1-23-16-8-4-5-12-11-22(10-9-13(12)16)18-20-15-7-3-2-6-14(15)17(19)21-18/h2-8H,9-11H2,1H3,(H2,19,20,21). The number of nitrogens with zero attached hydrogens (tertiary/aromatic N) is 3. The van der Waals surface area contributed by atoms with E-state index >= 15 is 0 Å². The lowest BCUT2D eigenvalue weighted by Gasteiger charge is -2.30. The van der Waals surface area contributed by atoms with Gasteiger partial charge in [-0.05, 0) is 30.2 Å². The predicted octanol–water partition coefficient (Wildman–Crippen LogP) is 2.78. The minimum Gasteiger partial charge on any atom is -0.496 e. The molecule has 2 aromatic carbocycles. The third-order valence-corrected chi connectivity index (χ3v) is 4.35. The van der Waals surface area contributed by atoms with Crippen molar-refractivity contribution in [1.82, 2.24) is 9.97 Å². The molecule has 1 aromatic heterocycles. The topological polar surface area (TPSA) is 64.3 Å². The number of methoxy groups -OCH3 is 1. The number of anilines is 2. The molecule has 0 radical (unpaired) electrons. The number of nitrogen functional groups attached to an aromatic ring is 1. The summed E-state index contributed by atoms with van der Waals surface area (Å²) in [4.78, 5) is 11.4. The van der Waals surface area contributed by atoms with Gasteiger partial charge in [0, 0.05) is 24.0 Å². The monoisotopic (exact) mass is 306 g/mol. The summed E-state index contributed by atoms with van der Waals surface area (Å²) in [6.07, 6.45) is 0.912. The van der Waals surface area contributed by atoms with Gasteiger partial charge in [-0.25, -0.2) is 4.98 Å². The zero-order chi connectivity index (χ0) is 15.8. The van der Waals surface area contributed by atoms with E-state index in [-0.39, 0.29) is 0 Å². The van der Waals surface area contributed by atoms with Crippen LogP contribution in [0, 0.1) is 0 Å². The van der Waals surface area contributed by atoms with Crippen molar-refractivity contribution in [2.24, 2.45) is 0 Å². The zero-order valence-electron chi connectivity index (χ0n) is 13.0. The molecule has 0 fully saturated rings. The van der Waals surface area contributed by atoms with Gasteiger partial charge in [0.15, 0.2) is 0 Å². The number of hydrogen-bond donors (Lipinski definition) is 1. The molecule has 0 bridgehead atoms. The number of ether oxygens (including phenoxy) is 1. The Bertz CT molecular complexity index is 878. The van der Waals surface area contributed by atoms with Crippen molar-refractivity contribution in [2.75, 3.05) is 24.3 Å². The number of benzene rings is 2. The minimum atomic E-state index is 0.530. The maximum absolute atomic E-state index is 6.11. The molecule has 5 heteroatoms. The van der Waals surface area contributed by atoms with Gasteiger partial charge in [0.2, 0.25) is 5.95 Å². The molecule has 1 aliphatic rings. The summed E-state index contributed by atoms with van der Waals surface area (Å²) >= 11 is 0. The summed E-state index contributed by atoms with van der Waals surface area (Å²) in [5, 5.41) is 0.898. The van der Waals surface area contributed by atoms with Gasteiger partial charge in [-0.2, -0.15) is 4.98 Å². The van der Waals surface area contributed by atoms with Crippen molar-refractivity contribution in [1.29, 1.82) is 0 Å². The summed E-state index contributed by atoms with van der Waals surface area (Å²) < 4.78 is 5.46. The fourth-order valence-electron chi connectivity index (χ4n) is 3.17. The van der Waals surface area contributed by atoms with Crippen LogP contribution >= 0.6 is 0 Å². The first-order chi connectivity index (χ1) is 11.3. The molecule has 23 heavy (non-hydrogen) atoms. The molecular formula is C18H18N4O. The third kappa shape index (κ3) is 2.34. The highest BCUT2D eigenvalue weighted by Gasteiger charge is 2.21. The maximum Gasteiger partial charge on any atom is 0.228 e. The molecule has 0 atom stereocenters. The lowest BCUT2D eigenvalue weighted by molar-refractivity contribution is 0.407. The molecule has 0 unspecified atom stereocenters. The molecular weight excluding hydrogens is 288 g/mol. The molecule has 0 aliphatic carbocycles. The Morgan fingerprint density at radius 3 is 2.83 bits per heavy atom. The first-order valence-electron chi connectivity index (χ1n) is 7.68. The molecule has 3 aromatic rings.